The number of benzene rings is 2. The summed E-state index contributed by atoms with van der Waals surface area (Å²) in [5.41, 5.74) is 3.36. The maximum atomic E-state index is 16.0. The molecule has 0 aliphatic carbocycles. The number of ether oxygens (including phenoxy) is 1. The number of carbonyl (C=O) groups is 1. The van der Waals surface area contributed by atoms with Crippen LogP contribution in [0.5, 0.6) is 6.01 Å². The van der Waals surface area contributed by atoms with Crippen molar-refractivity contribution in [2.45, 2.75) is 43.4 Å². The summed E-state index contributed by atoms with van der Waals surface area (Å²) in [5, 5.41) is 9.90. The number of halogens is 3. The van der Waals surface area contributed by atoms with E-state index in [4.69, 9.17) is 14.7 Å². The van der Waals surface area contributed by atoms with Crippen molar-refractivity contribution in [3.63, 3.8) is 0 Å². The van der Waals surface area contributed by atoms with E-state index in [9.17, 15) is 18.8 Å². The summed E-state index contributed by atoms with van der Waals surface area (Å²) in [4.78, 5) is 31.7. The number of aromatic nitrogens is 3. The van der Waals surface area contributed by atoms with Crippen LogP contribution in [0.4, 0.5) is 19.0 Å². The lowest BCUT2D eigenvalue weighted by atomic mass is 9.95. The fourth-order valence-electron chi connectivity index (χ4n) is 7.13. The van der Waals surface area contributed by atoms with E-state index in [2.05, 4.69) is 22.5 Å². The van der Waals surface area contributed by atoms with Gasteiger partial charge in [0.05, 0.1) is 45.3 Å². The largest absolute Gasteiger partial charge is 0.461 e. The Morgan fingerprint density at radius 2 is 2.07 bits per heavy atom. The van der Waals surface area contributed by atoms with Crippen LogP contribution in [0, 0.1) is 17.1 Å². The fourth-order valence-corrected chi connectivity index (χ4v) is 7.83. The summed E-state index contributed by atoms with van der Waals surface area (Å²) in [5.74, 6) is -2.07. The third-order valence-corrected chi connectivity index (χ3v) is 10.0. The molecule has 13 heteroatoms. The zero-order valence-corrected chi connectivity index (χ0v) is 25.2. The van der Waals surface area contributed by atoms with Gasteiger partial charge >= 0.3 is 6.01 Å². The minimum absolute atomic E-state index is 0.0409. The molecule has 3 fully saturated rings. The number of para-hydroxylation sites is 1. The van der Waals surface area contributed by atoms with Crippen LogP contribution in [0.15, 0.2) is 48.2 Å². The van der Waals surface area contributed by atoms with Crippen LogP contribution in [0.1, 0.15) is 25.7 Å². The lowest BCUT2D eigenvalue weighted by Crippen LogP contribution is -2.55. The van der Waals surface area contributed by atoms with Crippen molar-refractivity contribution < 1.29 is 22.7 Å². The van der Waals surface area contributed by atoms with Crippen LogP contribution < -0.4 is 9.64 Å². The van der Waals surface area contributed by atoms with Crippen LogP contribution in [0.3, 0.4) is 0 Å². The van der Waals surface area contributed by atoms with E-state index in [-0.39, 0.29) is 38.7 Å². The second kappa shape index (κ2) is 11.6. The van der Waals surface area contributed by atoms with Crippen molar-refractivity contribution in [3.8, 4) is 23.2 Å². The number of rotatable bonds is 7. The zero-order valence-electron chi connectivity index (χ0n) is 24.4. The number of alkyl halides is 1. The van der Waals surface area contributed by atoms with Gasteiger partial charge in [-0.3, -0.25) is 9.69 Å². The van der Waals surface area contributed by atoms with Crippen LogP contribution in [-0.4, -0.2) is 87.7 Å². The Labute approximate surface area is 261 Å². The first-order valence-corrected chi connectivity index (χ1v) is 15.8. The predicted octanol–water partition coefficient (Wildman–Crippen LogP) is 5.41. The molecule has 2 aromatic heterocycles. The number of piperazine rings is 1. The van der Waals surface area contributed by atoms with E-state index in [1.165, 1.54) is 22.3 Å². The van der Waals surface area contributed by atoms with Gasteiger partial charge in [0.15, 0.2) is 5.83 Å². The number of amides is 1. The Kier molecular flexibility index (Phi) is 7.57. The maximum absolute atomic E-state index is 16.0. The Balaban J connectivity index is 1.30. The molecule has 1 unspecified atom stereocenters. The van der Waals surface area contributed by atoms with Crippen molar-refractivity contribution in [1.29, 1.82) is 5.26 Å². The monoisotopic (exact) mass is 633 g/mol. The zero-order chi connectivity index (χ0) is 31.3. The molecule has 4 aromatic rings. The van der Waals surface area contributed by atoms with Gasteiger partial charge in [0.25, 0.3) is 5.91 Å². The molecule has 0 radical (unpaired) electrons. The van der Waals surface area contributed by atoms with Crippen LogP contribution in [0.25, 0.3) is 32.2 Å². The molecular weight excluding hydrogens is 603 g/mol. The lowest BCUT2D eigenvalue weighted by Gasteiger charge is -2.41. The molecule has 232 valence electrons. The van der Waals surface area contributed by atoms with Crippen molar-refractivity contribution in [2.24, 2.45) is 0 Å². The molecule has 3 atom stereocenters. The number of hydrogen-bond donors (Lipinski definition) is 0. The second-order valence-corrected chi connectivity index (χ2v) is 12.8. The summed E-state index contributed by atoms with van der Waals surface area (Å²) in [6.45, 7) is 5.04. The van der Waals surface area contributed by atoms with Crippen LogP contribution >= 0.6 is 11.3 Å². The molecule has 1 amide bonds. The molecule has 3 saturated heterocycles. The number of nitrogens with zero attached hydrogens (tertiary/aromatic N) is 7. The number of nitriles is 1. The number of carbonyl (C=O) groups excluding carboxylic acids is 1. The first-order valence-electron chi connectivity index (χ1n) is 14.9. The molecule has 45 heavy (non-hydrogen) atoms. The van der Waals surface area contributed by atoms with Crippen LogP contribution in [-0.2, 0) is 4.79 Å². The van der Waals surface area contributed by atoms with E-state index in [0.29, 0.717) is 46.3 Å². The first kappa shape index (κ1) is 29.4. The van der Waals surface area contributed by atoms with Gasteiger partial charge in [-0.05, 0) is 37.6 Å². The Morgan fingerprint density at radius 1 is 1.20 bits per heavy atom. The molecule has 5 heterocycles. The molecule has 0 bridgehead atoms. The number of fused-ring (bicyclic) bond motifs is 3. The minimum atomic E-state index is -1.10. The van der Waals surface area contributed by atoms with Crippen molar-refractivity contribution in [2.75, 3.05) is 44.2 Å². The maximum Gasteiger partial charge on any atom is 0.319 e. The quantitative estimate of drug-likeness (QED) is 0.249. The van der Waals surface area contributed by atoms with E-state index in [1.807, 2.05) is 23.1 Å². The molecule has 7 rings (SSSR count). The van der Waals surface area contributed by atoms with Gasteiger partial charge in [-0.15, -0.1) is 11.3 Å². The second-order valence-electron chi connectivity index (χ2n) is 11.9. The average Bonchev–Trinajstić information content (AvgIpc) is 3.73. The van der Waals surface area contributed by atoms with E-state index >= 15 is 4.39 Å². The number of thiazole rings is 1. The highest BCUT2D eigenvalue weighted by molar-refractivity contribution is 7.16. The lowest BCUT2D eigenvalue weighted by molar-refractivity contribution is -0.131. The Morgan fingerprint density at radius 3 is 2.89 bits per heavy atom. The van der Waals surface area contributed by atoms with Gasteiger partial charge in [-0.1, -0.05) is 18.7 Å². The third kappa shape index (κ3) is 5.25. The highest BCUT2D eigenvalue weighted by Crippen LogP contribution is 2.41. The van der Waals surface area contributed by atoms with E-state index < -0.39 is 35.3 Å². The van der Waals surface area contributed by atoms with Crippen molar-refractivity contribution in [3.05, 3.63) is 54.1 Å². The normalized spacial score (nSPS) is 23.4. The molecular formula is C32H30F3N7O2S. The van der Waals surface area contributed by atoms with E-state index in [0.717, 1.165) is 24.1 Å². The number of hydrogen-bond acceptors (Lipinski definition) is 9. The molecule has 0 N–H and O–H groups in total. The summed E-state index contributed by atoms with van der Waals surface area (Å²) < 4.78 is 51.4. The van der Waals surface area contributed by atoms with Gasteiger partial charge in [0.2, 0.25) is 0 Å². The highest BCUT2D eigenvalue weighted by atomic mass is 32.1. The van der Waals surface area contributed by atoms with Gasteiger partial charge in [-0.25, -0.2) is 18.2 Å². The first-order chi connectivity index (χ1) is 21.8. The Hall–Kier alpha value is -4.28. The molecule has 2 aromatic carbocycles. The topological polar surface area (TPSA) is 98.5 Å². The smallest absolute Gasteiger partial charge is 0.319 e. The predicted molar refractivity (Wildman–Crippen MR) is 165 cm³/mol. The highest BCUT2D eigenvalue weighted by Gasteiger charge is 2.49. The SMILES string of the molecule is C=C(F)C(=O)N1CCN(c2nc(OCC34CCCN3C[C@H](F)C4)nc3cc(-c4cccc5scnc45)c(F)cc23)C[C@@H]1CC#N. The molecule has 0 saturated carbocycles. The summed E-state index contributed by atoms with van der Waals surface area (Å²) in [6.07, 6.45) is 1.19. The van der Waals surface area contributed by atoms with Crippen molar-refractivity contribution >= 4 is 44.2 Å². The molecule has 9 nitrogen and oxygen atoms in total. The van der Waals surface area contributed by atoms with Crippen LogP contribution in [0.2, 0.25) is 0 Å². The number of anilines is 1. The van der Waals surface area contributed by atoms with Gasteiger partial charge in [0.1, 0.15) is 24.4 Å². The molecule has 0 spiro atoms. The van der Waals surface area contributed by atoms with Crippen molar-refractivity contribution in [1.82, 2.24) is 24.8 Å². The average molecular weight is 634 g/mol. The molecule has 3 aliphatic heterocycles. The Bertz CT molecular complexity index is 1860. The van der Waals surface area contributed by atoms with Gasteiger partial charge in [-0.2, -0.15) is 15.2 Å². The summed E-state index contributed by atoms with van der Waals surface area (Å²) >= 11 is 1.47. The minimum Gasteiger partial charge on any atom is -0.461 e. The summed E-state index contributed by atoms with van der Waals surface area (Å²) in [7, 11) is 0. The van der Waals surface area contributed by atoms with Gasteiger partial charge in [0, 0.05) is 49.1 Å². The standard InChI is InChI=1S/C32H30F3N7O2S/c1-19(33)30(43)42-11-10-40(16-21(42)6-8-36)29-24-12-25(35)23(22-4-2-5-27-28(22)37-18-45-27)13-26(24)38-31(39-29)44-17-32-7-3-9-41(32)15-20(34)14-32/h2,4-5,12-13,18,20-21H,1,3,6-7,9-11,14-17H2/t20-,21+,32?/m1/s1. The van der Waals surface area contributed by atoms with E-state index in [1.54, 1.807) is 11.6 Å². The van der Waals surface area contributed by atoms with Gasteiger partial charge < -0.3 is 14.5 Å². The fraction of sp³-hybridized carbons (Fsp3) is 0.406. The molecule has 3 aliphatic rings. The summed E-state index contributed by atoms with van der Waals surface area (Å²) in [6, 6.07) is 10.1. The third-order valence-electron chi connectivity index (χ3n) is 9.23.